The Labute approximate surface area is 155 Å². The molecule has 0 saturated heterocycles. The molecule has 0 atom stereocenters. The third-order valence-electron chi connectivity index (χ3n) is 4.06. The molecule has 0 aliphatic carbocycles. The number of fused-ring (bicyclic) bond motifs is 1. The fourth-order valence-electron chi connectivity index (χ4n) is 2.81. The van der Waals surface area contributed by atoms with Crippen molar-refractivity contribution < 1.29 is 4.74 Å². The van der Waals surface area contributed by atoms with Gasteiger partial charge in [-0.3, -0.25) is 0 Å². The maximum atomic E-state index is 6.09. The lowest BCUT2D eigenvalue weighted by atomic mass is 10.2. The summed E-state index contributed by atoms with van der Waals surface area (Å²) in [5.74, 6) is 1.55. The van der Waals surface area contributed by atoms with Crippen molar-refractivity contribution in [3.8, 4) is 11.4 Å². The molecule has 0 unspecified atom stereocenters. The van der Waals surface area contributed by atoms with Crippen LogP contribution in [0.25, 0.3) is 16.7 Å². The number of hydrogen-bond acceptors (Lipinski definition) is 5. The number of methoxy groups -OCH3 is 1. The average Bonchev–Trinajstić information content (AvgIpc) is 3.11. The topological polar surface area (TPSA) is 64.9 Å². The van der Waals surface area contributed by atoms with Gasteiger partial charge >= 0.3 is 0 Å². The van der Waals surface area contributed by atoms with Gasteiger partial charge in [-0.05, 0) is 24.3 Å². The van der Waals surface area contributed by atoms with E-state index in [2.05, 4.69) is 20.4 Å². The van der Waals surface area contributed by atoms with Crippen molar-refractivity contribution in [2.75, 3.05) is 12.4 Å². The van der Waals surface area contributed by atoms with E-state index in [0.29, 0.717) is 23.0 Å². The first-order chi connectivity index (χ1) is 12.8. The predicted octanol–water partition coefficient (Wildman–Crippen LogP) is 4.09. The highest BCUT2D eigenvalue weighted by Crippen LogP contribution is 2.24. The Balaban J connectivity index is 1.67. The van der Waals surface area contributed by atoms with Crippen LogP contribution in [0.4, 0.5) is 5.82 Å². The Morgan fingerprint density at radius 1 is 1.12 bits per heavy atom. The highest BCUT2D eigenvalue weighted by atomic mass is 35.5. The summed E-state index contributed by atoms with van der Waals surface area (Å²) in [6, 6.07) is 15.4. The largest absolute Gasteiger partial charge is 0.496 e. The summed E-state index contributed by atoms with van der Waals surface area (Å²) >= 11 is 6.09. The Bertz CT molecular complexity index is 1060. The van der Waals surface area contributed by atoms with Gasteiger partial charge in [-0.1, -0.05) is 35.9 Å². The minimum atomic E-state index is 0.582. The highest BCUT2D eigenvalue weighted by Gasteiger charge is 2.12. The van der Waals surface area contributed by atoms with E-state index in [1.54, 1.807) is 18.0 Å². The first kappa shape index (κ1) is 16.4. The number of hydrogen-bond donors (Lipinski definition) is 1. The van der Waals surface area contributed by atoms with Gasteiger partial charge in [0.1, 0.15) is 17.9 Å². The van der Waals surface area contributed by atoms with E-state index in [4.69, 9.17) is 16.3 Å². The van der Waals surface area contributed by atoms with Gasteiger partial charge in [0.25, 0.3) is 0 Å². The van der Waals surface area contributed by atoms with Gasteiger partial charge in [-0.25, -0.2) is 14.6 Å². The van der Waals surface area contributed by atoms with Crippen molar-refractivity contribution in [1.29, 1.82) is 0 Å². The number of para-hydroxylation sites is 1. The summed E-state index contributed by atoms with van der Waals surface area (Å²) in [7, 11) is 1.66. The Hall–Kier alpha value is -3.12. The van der Waals surface area contributed by atoms with Crippen LogP contribution in [0, 0.1) is 0 Å². The number of anilines is 1. The van der Waals surface area contributed by atoms with Crippen LogP contribution in [0.15, 0.2) is 61.1 Å². The standard InChI is InChI=1S/C19H16ClN5O/c1-26-17-8-3-2-5-13(17)10-21-18-16-11-24-25(19(16)23-12-22-18)15-7-4-6-14(20)9-15/h2-9,11-12H,10H2,1H3,(H,21,22,23). The van der Waals surface area contributed by atoms with Gasteiger partial charge in [0.2, 0.25) is 0 Å². The van der Waals surface area contributed by atoms with Gasteiger partial charge in [0.05, 0.1) is 24.4 Å². The van der Waals surface area contributed by atoms with E-state index >= 15 is 0 Å². The van der Waals surface area contributed by atoms with E-state index in [9.17, 15) is 0 Å². The summed E-state index contributed by atoms with van der Waals surface area (Å²) < 4.78 is 7.14. The molecule has 1 N–H and O–H groups in total. The quantitative estimate of drug-likeness (QED) is 0.577. The van der Waals surface area contributed by atoms with Crippen LogP contribution >= 0.6 is 11.6 Å². The lowest BCUT2D eigenvalue weighted by molar-refractivity contribution is 0.410. The van der Waals surface area contributed by atoms with Gasteiger partial charge in [-0.15, -0.1) is 0 Å². The number of halogens is 1. The minimum absolute atomic E-state index is 0.582. The zero-order valence-corrected chi connectivity index (χ0v) is 14.8. The van der Waals surface area contributed by atoms with Crippen molar-refractivity contribution >= 4 is 28.5 Å². The second-order valence-corrected chi connectivity index (χ2v) is 6.10. The van der Waals surface area contributed by atoms with Crippen molar-refractivity contribution in [2.45, 2.75) is 6.54 Å². The number of benzene rings is 2. The number of rotatable bonds is 5. The second kappa shape index (κ2) is 7.01. The van der Waals surface area contributed by atoms with Crippen molar-refractivity contribution in [1.82, 2.24) is 19.7 Å². The number of nitrogens with one attached hydrogen (secondary N) is 1. The van der Waals surface area contributed by atoms with Crippen molar-refractivity contribution in [3.05, 3.63) is 71.6 Å². The van der Waals surface area contributed by atoms with Crippen LogP contribution in [0.2, 0.25) is 5.02 Å². The molecule has 0 saturated carbocycles. The fourth-order valence-corrected chi connectivity index (χ4v) is 2.99. The lowest BCUT2D eigenvalue weighted by Crippen LogP contribution is -2.04. The monoisotopic (exact) mass is 365 g/mol. The molecule has 0 fully saturated rings. The molecule has 0 spiro atoms. The number of aromatic nitrogens is 4. The van der Waals surface area contributed by atoms with Crippen LogP contribution in [-0.2, 0) is 6.54 Å². The molecular formula is C19H16ClN5O. The molecule has 2 heterocycles. The van der Waals surface area contributed by atoms with E-state index in [1.165, 1.54) is 6.33 Å². The molecule has 26 heavy (non-hydrogen) atoms. The van der Waals surface area contributed by atoms with Crippen molar-refractivity contribution in [3.63, 3.8) is 0 Å². The molecule has 6 nitrogen and oxygen atoms in total. The first-order valence-electron chi connectivity index (χ1n) is 8.06. The SMILES string of the molecule is COc1ccccc1CNc1ncnc2c1cnn2-c1cccc(Cl)c1. The summed E-state index contributed by atoms with van der Waals surface area (Å²) in [6.45, 7) is 0.582. The molecule has 0 aliphatic heterocycles. The van der Waals surface area contributed by atoms with Crippen LogP contribution in [0.3, 0.4) is 0 Å². The Morgan fingerprint density at radius 2 is 2.00 bits per heavy atom. The van der Waals surface area contributed by atoms with Crippen LogP contribution in [-0.4, -0.2) is 26.9 Å². The molecule has 0 radical (unpaired) electrons. The fraction of sp³-hybridized carbons (Fsp3) is 0.105. The molecule has 4 aromatic rings. The zero-order valence-electron chi connectivity index (χ0n) is 14.1. The normalized spacial score (nSPS) is 10.8. The Kier molecular flexibility index (Phi) is 4.41. The minimum Gasteiger partial charge on any atom is -0.496 e. The van der Waals surface area contributed by atoms with Crippen LogP contribution in [0.1, 0.15) is 5.56 Å². The molecule has 2 aromatic carbocycles. The maximum absolute atomic E-state index is 6.09. The molecular weight excluding hydrogens is 350 g/mol. The third-order valence-corrected chi connectivity index (χ3v) is 4.29. The van der Waals surface area contributed by atoms with Gasteiger partial charge in [-0.2, -0.15) is 5.10 Å². The molecule has 2 aromatic heterocycles. The van der Waals surface area contributed by atoms with E-state index < -0.39 is 0 Å². The van der Waals surface area contributed by atoms with Crippen LogP contribution < -0.4 is 10.1 Å². The van der Waals surface area contributed by atoms with Gasteiger partial charge < -0.3 is 10.1 Å². The third kappa shape index (κ3) is 3.07. The molecule has 7 heteroatoms. The van der Waals surface area contributed by atoms with Gasteiger partial charge in [0.15, 0.2) is 5.65 Å². The van der Waals surface area contributed by atoms with E-state index in [1.807, 2.05) is 48.5 Å². The molecule has 0 amide bonds. The molecule has 0 aliphatic rings. The Morgan fingerprint density at radius 3 is 2.85 bits per heavy atom. The number of ether oxygens (including phenoxy) is 1. The smallest absolute Gasteiger partial charge is 0.168 e. The molecule has 130 valence electrons. The van der Waals surface area contributed by atoms with Gasteiger partial charge in [0, 0.05) is 17.1 Å². The average molecular weight is 366 g/mol. The zero-order chi connectivity index (χ0) is 17.9. The summed E-state index contributed by atoms with van der Waals surface area (Å²) in [6.07, 6.45) is 3.27. The van der Waals surface area contributed by atoms with E-state index in [0.717, 1.165) is 22.4 Å². The highest BCUT2D eigenvalue weighted by molar-refractivity contribution is 6.30. The van der Waals surface area contributed by atoms with E-state index in [-0.39, 0.29) is 0 Å². The molecule has 4 rings (SSSR count). The summed E-state index contributed by atoms with van der Waals surface area (Å²) in [5, 5.41) is 9.27. The summed E-state index contributed by atoms with van der Waals surface area (Å²) in [4.78, 5) is 8.74. The predicted molar refractivity (Wildman–Crippen MR) is 102 cm³/mol. The number of nitrogens with zero attached hydrogens (tertiary/aromatic N) is 4. The lowest BCUT2D eigenvalue weighted by Gasteiger charge is -2.10. The second-order valence-electron chi connectivity index (χ2n) is 5.66. The first-order valence-corrected chi connectivity index (χ1v) is 8.44. The molecule has 0 bridgehead atoms. The summed E-state index contributed by atoms with van der Waals surface area (Å²) in [5.41, 5.74) is 2.61. The maximum Gasteiger partial charge on any atom is 0.168 e. The van der Waals surface area contributed by atoms with Crippen LogP contribution in [0.5, 0.6) is 5.75 Å². The van der Waals surface area contributed by atoms with Crippen molar-refractivity contribution in [2.24, 2.45) is 0 Å².